The van der Waals surface area contributed by atoms with Crippen LogP contribution in [-0.2, 0) is 13.1 Å². The topological polar surface area (TPSA) is 96.0 Å². The Labute approximate surface area is 112 Å². The molecule has 1 aromatic heterocycles. The molecule has 4 N–H and O–H groups in total. The number of aromatic nitrogens is 2. The smallest absolute Gasteiger partial charge is 0.332 e. The maximum Gasteiger partial charge on any atom is 0.332 e. The van der Waals surface area contributed by atoms with Gasteiger partial charge in [-0.25, -0.2) is 4.79 Å². The van der Waals surface area contributed by atoms with Crippen LogP contribution in [0.1, 0.15) is 39.0 Å². The molecular weight excluding hydrogens is 244 g/mol. The minimum Gasteiger partial charge on any atom is -0.391 e. The molecule has 0 atom stereocenters. The van der Waals surface area contributed by atoms with E-state index in [-0.39, 0.29) is 17.2 Å². The number of anilines is 2. The number of rotatable bonds is 3. The standard InChI is InChI=1S/C13H22N4O2/c1-2-16-12(18)10(14)11(15)17(13(16)19)8-9-6-4-3-5-7-9/h9H,2-8,14-15H2,1H3. The van der Waals surface area contributed by atoms with Crippen molar-refractivity contribution < 1.29 is 0 Å². The molecule has 1 aliphatic rings. The summed E-state index contributed by atoms with van der Waals surface area (Å²) in [4.78, 5) is 24.1. The largest absolute Gasteiger partial charge is 0.391 e. The monoisotopic (exact) mass is 266 g/mol. The Bertz CT molecular complexity index is 567. The van der Waals surface area contributed by atoms with Crippen molar-refractivity contribution in [3.8, 4) is 0 Å². The fraction of sp³-hybridized carbons (Fsp3) is 0.692. The summed E-state index contributed by atoms with van der Waals surface area (Å²) in [6.45, 7) is 2.63. The van der Waals surface area contributed by atoms with Crippen LogP contribution in [-0.4, -0.2) is 9.13 Å². The van der Waals surface area contributed by atoms with Crippen LogP contribution in [0.15, 0.2) is 9.59 Å². The number of hydrogen-bond donors (Lipinski definition) is 2. The molecule has 2 rings (SSSR count). The van der Waals surface area contributed by atoms with Gasteiger partial charge in [0.05, 0.1) is 0 Å². The third-order valence-electron chi connectivity index (χ3n) is 3.99. The van der Waals surface area contributed by atoms with E-state index in [2.05, 4.69) is 0 Å². The van der Waals surface area contributed by atoms with E-state index in [1.807, 2.05) is 0 Å². The van der Waals surface area contributed by atoms with Gasteiger partial charge >= 0.3 is 5.69 Å². The van der Waals surface area contributed by atoms with Crippen LogP contribution in [0.5, 0.6) is 0 Å². The maximum atomic E-state index is 12.3. The van der Waals surface area contributed by atoms with E-state index in [0.29, 0.717) is 19.0 Å². The Morgan fingerprint density at radius 1 is 1.11 bits per heavy atom. The fourth-order valence-electron chi connectivity index (χ4n) is 2.82. The summed E-state index contributed by atoms with van der Waals surface area (Å²) in [5.74, 6) is 0.571. The van der Waals surface area contributed by atoms with Gasteiger partial charge in [-0.05, 0) is 25.7 Å². The molecule has 0 radical (unpaired) electrons. The van der Waals surface area contributed by atoms with Crippen LogP contribution in [0.3, 0.4) is 0 Å². The zero-order valence-electron chi connectivity index (χ0n) is 11.4. The van der Waals surface area contributed by atoms with Gasteiger partial charge in [-0.1, -0.05) is 19.3 Å². The minimum atomic E-state index is -0.482. The summed E-state index contributed by atoms with van der Waals surface area (Å²) in [6.07, 6.45) is 5.87. The molecule has 0 aromatic carbocycles. The summed E-state index contributed by atoms with van der Waals surface area (Å²) in [7, 11) is 0. The Balaban J connectivity index is 2.42. The molecule has 1 aliphatic carbocycles. The molecule has 1 heterocycles. The molecule has 1 fully saturated rings. The van der Waals surface area contributed by atoms with Gasteiger partial charge in [-0.2, -0.15) is 0 Å². The van der Waals surface area contributed by atoms with E-state index in [1.54, 1.807) is 6.92 Å². The highest BCUT2D eigenvalue weighted by Crippen LogP contribution is 2.25. The van der Waals surface area contributed by atoms with Crippen molar-refractivity contribution in [1.29, 1.82) is 0 Å². The summed E-state index contributed by atoms with van der Waals surface area (Å²) >= 11 is 0. The van der Waals surface area contributed by atoms with Crippen molar-refractivity contribution in [2.24, 2.45) is 5.92 Å². The molecule has 6 heteroatoms. The average Bonchev–Trinajstić information content (AvgIpc) is 2.43. The highest BCUT2D eigenvalue weighted by Gasteiger charge is 2.19. The summed E-state index contributed by atoms with van der Waals surface area (Å²) in [5, 5.41) is 0. The predicted octanol–water partition coefficient (Wildman–Crippen LogP) is 0.775. The number of hydrogen-bond acceptors (Lipinski definition) is 4. The van der Waals surface area contributed by atoms with Gasteiger partial charge in [-0.15, -0.1) is 0 Å². The maximum absolute atomic E-state index is 12.3. The highest BCUT2D eigenvalue weighted by atomic mass is 16.2. The van der Waals surface area contributed by atoms with Crippen LogP contribution in [0.4, 0.5) is 11.5 Å². The van der Waals surface area contributed by atoms with Crippen molar-refractivity contribution >= 4 is 11.5 Å². The van der Waals surface area contributed by atoms with Crippen molar-refractivity contribution in [1.82, 2.24) is 9.13 Å². The predicted molar refractivity (Wildman–Crippen MR) is 76.0 cm³/mol. The molecule has 19 heavy (non-hydrogen) atoms. The van der Waals surface area contributed by atoms with E-state index >= 15 is 0 Å². The van der Waals surface area contributed by atoms with Crippen LogP contribution in [0.2, 0.25) is 0 Å². The van der Waals surface area contributed by atoms with Crippen LogP contribution in [0, 0.1) is 5.92 Å². The first-order valence-electron chi connectivity index (χ1n) is 6.94. The lowest BCUT2D eigenvalue weighted by molar-refractivity contribution is 0.313. The molecule has 6 nitrogen and oxygen atoms in total. The van der Waals surface area contributed by atoms with Gasteiger partial charge in [0.15, 0.2) is 0 Å². The molecule has 106 valence electrons. The number of nitrogen functional groups attached to an aromatic ring is 2. The van der Waals surface area contributed by atoms with Gasteiger partial charge in [0, 0.05) is 13.1 Å². The van der Waals surface area contributed by atoms with Crippen molar-refractivity contribution in [3.05, 3.63) is 20.8 Å². The second-order valence-electron chi connectivity index (χ2n) is 5.25. The SMILES string of the molecule is CCn1c(=O)c(N)c(N)n(CC2CCCCC2)c1=O. The van der Waals surface area contributed by atoms with Gasteiger partial charge in [0.1, 0.15) is 11.5 Å². The lowest BCUT2D eigenvalue weighted by atomic mass is 9.89. The number of nitrogens with zero attached hydrogens (tertiary/aromatic N) is 2. The first-order chi connectivity index (χ1) is 9.06. The molecule has 0 saturated heterocycles. The van der Waals surface area contributed by atoms with Gasteiger partial charge in [0.2, 0.25) is 0 Å². The average molecular weight is 266 g/mol. The lowest BCUT2D eigenvalue weighted by Gasteiger charge is -2.24. The first-order valence-corrected chi connectivity index (χ1v) is 6.94. The van der Waals surface area contributed by atoms with Gasteiger partial charge in [0.25, 0.3) is 5.56 Å². The highest BCUT2D eigenvalue weighted by molar-refractivity contribution is 5.56. The molecule has 0 aliphatic heterocycles. The second kappa shape index (κ2) is 5.50. The zero-order chi connectivity index (χ0) is 14.0. The first kappa shape index (κ1) is 13.7. The van der Waals surface area contributed by atoms with E-state index in [1.165, 1.54) is 23.8 Å². The third kappa shape index (κ3) is 2.52. The lowest BCUT2D eigenvalue weighted by Crippen LogP contribution is -2.43. The Morgan fingerprint density at radius 2 is 1.74 bits per heavy atom. The summed E-state index contributed by atoms with van der Waals surface area (Å²) in [5.41, 5.74) is 10.7. The van der Waals surface area contributed by atoms with Crippen LogP contribution < -0.4 is 22.7 Å². The summed E-state index contributed by atoms with van der Waals surface area (Å²) in [6, 6.07) is 0. The van der Waals surface area contributed by atoms with Crippen LogP contribution in [0.25, 0.3) is 0 Å². The Morgan fingerprint density at radius 3 is 2.32 bits per heavy atom. The fourth-order valence-corrected chi connectivity index (χ4v) is 2.82. The van der Waals surface area contributed by atoms with Crippen molar-refractivity contribution in [2.45, 2.75) is 52.1 Å². The van der Waals surface area contributed by atoms with Crippen molar-refractivity contribution in [3.63, 3.8) is 0 Å². The Kier molecular flexibility index (Phi) is 3.97. The van der Waals surface area contributed by atoms with E-state index in [4.69, 9.17) is 11.5 Å². The third-order valence-corrected chi connectivity index (χ3v) is 3.99. The van der Waals surface area contributed by atoms with E-state index in [0.717, 1.165) is 17.4 Å². The molecule has 1 aromatic rings. The molecule has 0 amide bonds. The quantitative estimate of drug-likeness (QED) is 0.844. The van der Waals surface area contributed by atoms with E-state index < -0.39 is 5.56 Å². The van der Waals surface area contributed by atoms with Crippen LogP contribution >= 0.6 is 0 Å². The molecule has 1 saturated carbocycles. The molecule has 0 unspecified atom stereocenters. The summed E-state index contributed by atoms with van der Waals surface area (Å²) < 4.78 is 2.62. The Hall–Kier alpha value is -1.72. The normalized spacial score (nSPS) is 16.7. The molecular formula is C13H22N4O2. The van der Waals surface area contributed by atoms with Gasteiger partial charge < -0.3 is 11.5 Å². The van der Waals surface area contributed by atoms with E-state index in [9.17, 15) is 9.59 Å². The zero-order valence-corrected chi connectivity index (χ0v) is 11.4. The second-order valence-corrected chi connectivity index (χ2v) is 5.25. The van der Waals surface area contributed by atoms with Gasteiger partial charge in [-0.3, -0.25) is 13.9 Å². The minimum absolute atomic E-state index is 0.0164. The van der Waals surface area contributed by atoms with Crippen molar-refractivity contribution in [2.75, 3.05) is 11.5 Å². The molecule has 0 spiro atoms. The number of nitrogens with two attached hydrogens (primary N) is 2. The molecule has 0 bridgehead atoms.